The zero-order valence-corrected chi connectivity index (χ0v) is 29.2. The van der Waals surface area contributed by atoms with E-state index in [-0.39, 0.29) is 25.3 Å². The molecule has 0 radical (unpaired) electrons. The quantitative estimate of drug-likeness (QED) is 0.128. The van der Waals surface area contributed by atoms with Crippen LogP contribution in [-0.4, -0.2) is 83.5 Å². The second-order valence-corrected chi connectivity index (χ2v) is 13.0. The van der Waals surface area contributed by atoms with Crippen molar-refractivity contribution in [3.8, 4) is 0 Å². The molecule has 13 heteroatoms. The first-order valence-electron chi connectivity index (χ1n) is 16.6. The van der Waals surface area contributed by atoms with Crippen molar-refractivity contribution in [2.75, 3.05) is 19.7 Å². The summed E-state index contributed by atoms with van der Waals surface area (Å²) in [5, 5.41) is 30.7. The highest BCUT2D eigenvalue weighted by Crippen LogP contribution is 2.26. The Morgan fingerprint density at radius 2 is 1.41 bits per heavy atom. The van der Waals surface area contributed by atoms with Gasteiger partial charge in [-0.2, -0.15) is 0 Å². The Morgan fingerprint density at radius 3 is 1.92 bits per heavy atom. The smallest absolute Gasteiger partial charge is 0.408 e. The third-order valence-electron chi connectivity index (χ3n) is 7.78. The third kappa shape index (κ3) is 14.7. The number of amides is 4. The van der Waals surface area contributed by atoms with Crippen molar-refractivity contribution in [1.82, 2.24) is 21.3 Å². The normalized spacial score (nSPS) is 14.4. The van der Waals surface area contributed by atoms with Crippen LogP contribution >= 0.6 is 0 Å². The molecule has 0 fully saturated rings. The number of alkyl carbamates (subject to hydrolysis) is 1. The lowest BCUT2D eigenvalue weighted by molar-refractivity contribution is -0.147. The summed E-state index contributed by atoms with van der Waals surface area (Å²) in [4.78, 5) is 63.1. The molecule has 270 valence electrons. The highest BCUT2D eigenvalue weighted by atomic mass is 16.6. The third-order valence-corrected chi connectivity index (χ3v) is 7.78. The van der Waals surface area contributed by atoms with E-state index in [1.54, 1.807) is 27.7 Å². The van der Waals surface area contributed by atoms with Crippen LogP contribution in [0.1, 0.15) is 78.0 Å². The van der Waals surface area contributed by atoms with Crippen LogP contribution in [-0.2, 0) is 28.7 Å². The topological polar surface area (TPSA) is 192 Å². The summed E-state index contributed by atoms with van der Waals surface area (Å²) in [6, 6.07) is 16.8. The van der Waals surface area contributed by atoms with E-state index >= 15 is 0 Å². The van der Waals surface area contributed by atoms with Gasteiger partial charge in [0.15, 0.2) is 6.10 Å². The summed E-state index contributed by atoms with van der Waals surface area (Å²) in [7, 11) is 0. The second kappa shape index (κ2) is 20.1. The lowest BCUT2D eigenvalue weighted by Gasteiger charge is -2.26. The van der Waals surface area contributed by atoms with Crippen molar-refractivity contribution in [3.05, 3.63) is 71.8 Å². The standard InChI is InChI=1S/C36H52N4O9/c1-7-23(2)31(40-35(47)49-36(4,5)6)34(46)38-21-29(43)39-27(22-41)20-28(42)24(3)33(45)37-19-18-30(44)48-32(25-14-10-8-11-15-25)26-16-12-9-13-17-26/h8-17,23-24,27-28,31-32,41-42H,7,18-22H2,1-6H3,(H,37,45)(H,38,46)(H,39,43)(H,40,47)/t23?,24-,27?,28+,31?/m0/s1. The first-order valence-corrected chi connectivity index (χ1v) is 16.6. The number of ether oxygens (including phenoxy) is 2. The number of carbonyl (C=O) groups is 5. The number of esters is 1. The van der Waals surface area contributed by atoms with Crippen LogP contribution in [0.2, 0.25) is 0 Å². The van der Waals surface area contributed by atoms with Gasteiger partial charge in [0.2, 0.25) is 17.7 Å². The Bertz CT molecular complexity index is 1310. The molecule has 0 heterocycles. The molecule has 4 amide bonds. The molecule has 0 aliphatic heterocycles. The molecular weight excluding hydrogens is 632 g/mol. The molecule has 13 nitrogen and oxygen atoms in total. The Hall–Kier alpha value is -4.49. The van der Waals surface area contributed by atoms with E-state index in [0.29, 0.717) is 6.42 Å². The van der Waals surface area contributed by atoms with Crippen LogP contribution in [0.5, 0.6) is 0 Å². The van der Waals surface area contributed by atoms with Crippen LogP contribution in [0.4, 0.5) is 4.79 Å². The number of carbonyl (C=O) groups excluding carboxylic acids is 5. The minimum atomic E-state index is -1.24. The van der Waals surface area contributed by atoms with Gasteiger partial charge >= 0.3 is 12.1 Å². The zero-order valence-electron chi connectivity index (χ0n) is 29.2. The largest absolute Gasteiger partial charge is 0.452 e. The van der Waals surface area contributed by atoms with Crippen LogP contribution in [0, 0.1) is 11.8 Å². The molecular formula is C36H52N4O9. The maximum Gasteiger partial charge on any atom is 0.408 e. The fourth-order valence-electron chi connectivity index (χ4n) is 4.77. The number of hydrogen-bond acceptors (Lipinski definition) is 9. The average Bonchev–Trinajstić information content (AvgIpc) is 3.07. The van der Waals surface area contributed by atoms with Gasteiger partial charge in [-0.1, -0.05) is 87.9 Å². The summed E-state index contributed by atoms with van der Waals surface area (Å²) in [6.45, 7) is 9.22. The number of nitrogens with one attached hydrogen (secondary N) is 4. The van der Waals surface area contributed by atoms with Gasteiger partial charge in [0.25, 0.3) is 0 Å². The molecule has 5 atom stereocenters. The lowest BCUT2D eigenvalue weighted by atomic mass is 9.97. The lowest BCUT2D eigenvalue weighted by Crippen LogP contribution is -2.53. The van der Waals surface area contributed by atoms with E-state index in [1.165, 1.54) is 6.92 Å². The number of aliphatic hydroxyl groups is 2. The molecule has 49 heavy (non-hydrogen) atoms. The highest BCUT2D eigenvalue weighted by molar-refractivity contribution is 5.89. The Kier molecular flexibility index (Phi) is 16.7. The van der Waals surface area contributed by atoms with Gasteiger partial charge in [-0.25, -0.2) is 4.79 Å². The Labute approximate surface area is 288 Å². The Balaban J connectivity index is 1.83. The van der Waals surface area contributed by atoms with Crippen LogP contribution in [0.3, 0.4) is 0 Å². The van der Waals surface area contributed by atoms with E-state index in [2.05, 4.69) is 21.3 Å². The van der Waals surface area contributed by atoms with Gasteiger partial charge in [0, 0.05) is 6.54 Å². The molecule has 0 spiro atoms. The monoisotopic (exact) mass is 684 g/mol. The molecule has 2 aromatic carbocycles. The van der Waals surface area contributed by atoms with Crippen molar-refractivity contribution >= 4 is 29.8 Å². The van der Waals surface area contributed by atoms with Crippen LogP contribution in [0.25, 0.3) is 0 Å². The molecule has 0 aliphatic carbocycles. The Morgan fingerprint density at radius 1 is 0.837 bits per heavy atom. The predicted molar refractivity (Wildman–Crippen MR) is 183 cm³/mol. The average molecular weight is 685 g/mol. The molecule has 2 rings (SSSR count). The van der Waals surface area contributed by atoms with E-state index in [1.807, 2.05) is 67.6 Å². The van der Waals surface area contributed by atoms with Gasteiger partial charge < -0.3 is 41.0 Å². The second-order valence-electron chi connectivity index (χ2n) is 13.0. The summed E-state index contributed by atoms with van der Waals surface area (Å²) >= 11 is 0. The van der Waals surface area contributed by atoms with Gasteiger partial charge in [-0.05, 0) is 44.2 Å². The van der Waals surface area contributed by atoms with Crippen LogP contribution in [0.15, 0.2) is 60.7 Å². The molecule has 6 N–H and O–H groups in total. The molecule has 0 saturated heterocycles. The summed E-state index contributed by atoms with van der Waals surface area (Å²) in [5.74, 6) is -3.45. The first kappa shape index (κ1) is 40.7. The number of aliphatic hydroxyl groups excluding tert-OH is 2. The fourth-order valence-corrected chi connectivity index (χ4v) is 4.77. The van der Waals surface area contributed by atoms with Crippen molar-refractivity contribution in [1.29, 1.82) is 0 Å². The van der Waals surface area contributed by atoms with Crippen molar-refractivity contribution < 1.29 is 43.7 Å². The van der Waals surface area contributed by atoms with Crippen molar-refractivity contribution in [2.45, 2.75) is 90.7 Å². The highest BCUT2D eigenvalue weighted by Gasteiger charge is 2.30. The van der Waals surface area contributed by atoms with E-state index < -0.39 is 78.7 Å². The summed E-state index contributed by atoms with van der Waals surface area (Å²) in [6.07, 6.45) is -2.30. The van der Waals surface area contributed by atoms with Gasteiger partial charge in [0.1, 0.15) is 11.6 Å². The number of rotatable bonds is 18. The number of hydrogen-bond donors (Lipinski definition) is 6. The fraction of sp³-hybridized carbons (Fsp3) is 0.528. The van der Waals surface area contributed by atoms with Gasteiger partial charge in [-0.3, -0.25) is 19.2 Å². The van der Waals surface area contributed by atoms with Gasteiger partial charge in [0.05, 0.1) is 37.6 Å². The molecule has 2 aromatic rings. The van der Waals surface area contributed by atoms with Gasteiger partial charge in [-0.15, -0.1) is 0 Å². The maximum atomic E-state index is 12.8. The SMILES string of the molecule is CCC(C)C(NC(=O)OC(C)(C)C)C(=O)NCC(=O)NC(CO)C[C@@H](O)[C@H](C)C(=O)NCCC(=O)OC(c1ccccc1)c1ccccc1. The first-order chi connectivity index (χ1) is 23.1. The molecule has 0 aliphatic rings. The van der Waals surface area contributed by atoms with Crippen molar-refractivity contribution in [2.24, 2.45) is 11.8 Å². The molecule has 3 unspecified atom stereocenters. The van der Waals surface area contributed by atoms with E-state index in [9.17, 15) is 34.2 Å². The minimum Gasteiger partial charge on any atom is -0.452 e. The summed E-state index contributed by atoms with van der Waals surface area (Å²) in [5.41, 5.74) is 0.855. The zero-order chi connectivity index (χ0) is 36.6. The number of benzene rings is 2. The molecule has 0 aromatic heterocycles. The molecule has 0 bridgehead atoms. The molecule has 0 saturated carbocycles. The van der Waals surface area contributed by atoms with Crippen molar-refractivity contribution in [3.63, 3.8) is 0 Å². The van der Waals surface area contributed by atoms with Crippen LogP contribution < -0.4 is 21.3 Å². The minimum absolute atomic E-state index is 0.0225. The van der Waals surface area contributed by atoms with E-state index in [0.717, 1.165) is 11.1 Å². The van der Waals surface area contributed by atoms with E-state index in [4.69, 9.17) is 9.47 Å². The predicted octanol–water partition coefficient (Wildman–Crippen LogP) is 2.75. The summed E-state index contributed by atoms with van der Waals surface area (Å²) < 4.78 is 11.0. The maximum absolute atomic E-state index is 12.8.